The highest BCUT2D eigenvalue weighted by molar-refractivity contribution is 5.74. The third-order valence-corrected chi connectivity index (χ3v) is 4.86. The van der Waals surface area contributed by atoms with Crippen LogP contribution in [-0.2, 0) is 6.42 Å². The number of urea groups is 1. The molecule has 27 heavy (non-hydrogen) atoms. The van der Waals surface area contributed by atoms with E-state index in [-0.39, 0.29) is 23.9 Å². The van der Waals surface area contributed by atoms with E-state index in [2.05, 4.69) is 12.2 Å². The van der Waals surface area contributed by atoms with Gasteiger partial charge in [-0.05, 0) is 55.2 Å². The van der Waals surface area contributed by atoms with Crippen LogP contribution in [0.4, 0.5) is 9.18 Å². The Morgan fingerprint density at radius 2 is 1.78 bits per heavy atom. The van der Waals surface area contributed by atoms with Gasteiger partial charge < -0.3 is 15.0 Å². The van der Waals surface area contributed by atoms with Crippen molar-refractivity contribution in [1.29, 1.82) is 0 Å². The molecule has 2 amide bonds. The molecule has 5 heteroatoms. The van der Waals surface area contributed by atoms with Gasteiger partial charge in [0.15, 0.2) is 0 Å². The van der Waals surface area contributed by atoms with Gasteiger partial charge in [-0.2, -0.15) is 0 Å². The van der Waals surface area contributed by atoms with Gasteiger partial charge in [0.25, 0.3) is 0 Å². The first kappa shape index (κ1) is 20.7. The highest BCUT2D eigenvalue weighted by atomic mass is 19.1. The summed E-state index contributed by atoms with van der Waals surface area (Å²) in [6.07, 6.45) is 2.56. The van der Waals surface area contributed by atoms with Gasteiger partial charge in [-0.15, -0.1) is 0 Å². The molecule has 2 aromatic carbocycles. The Morgan fingerprint density at radius 3 is 2.33 bits per heavy atom. The Bertz CT molecular complexity index is 716. The van der Waals surface area contributed by atoms with Gasteiger partial charge >= 0.3 is 6.03 Å². The van der Waals surface area contributed by atoms with Crippen LogP contribution in [0.25, 0.3) is 0 Å². The van der Waals surface area contributed by atoms with E-state index >= 15 is 0 Å². The van der Waals surface area contributed by atoms with Gasteiger partial charge in [0.05, 0.1) is 13.2 Å². The lowest BCUT2D eigenvalue weighted by Gasteiger charge is -2.28. The van der Waals surface area contributed by atoms with Gasteiger partial charge in [0.1, 0.15) is 11.6 Å². The van der Waals surface area contributed by atoms with Gasteiger partial charge in [0.2, 0.25) is 0 Å². The topological polar surface area (TPSA) is 41.6 Å². The van der Waals surface area contributed by atoms with Gasteiger partial charge in [-0.3, -0.25) is 0 Å². The molecule has 0 bridgehead atoms. The molecule has 0 saturated carbocycles. The number of benzene rings is 2. The van der Waals surface area contributed by atoms with Crippen molar-refractivity contribution in [2.75, 3.05) is 14.2 Å². The number of rotatable bonds is 8. The van der Waals surface area contributed by atoms with E-state index in [4.69, 9.17) is 4.74 Å². The summed E-state index contributed by atoms with van der Waals surface area (Å²) in [5.41, 5.74) is 1.94. The average Bonchev–Trinajstić information content (AvgIpc) is 2.68. The van der Waals surface area contributed by atoms with Gasteiger partial charge in [-0.25, -0.2) is 9.18 Å². The zero-order valence-electron chi connectivity index (χ0n) is 16.5. The highest BCUT2D eigenvalue weighted by Gasteiger charge is 2.20. The van der Waals surface area contributed by atoms with E-state index in [1.807, 2.05) is 38.2 Å². The fourth-order valence-corrected chi connectivity index (χ4v) is 3.01. The van der Waals surface area contributed by atoms with E-state index in [1.165, 1.54) is 12.1 Å². The van der Waals surface area contributed by atoms with Crippen molar-refractivity contribution in [2.45, 2.75) is 45.2 Å². The minimum atomic E-state index is -0.267. The van der Waals surface area contributed by atoms with Crippen LogP contribution in [-0.4, -0.2) is 31.1 Å². The average molecular weight is 372 g/mol. The molecule has 1 N–H and O–H groups in total. The molecule has 0 fully saturated rings. The Balaban J connectivity index is 2.19. The monoisotopic (exact) mass is 372 g/mol. The second-order valence-corrected chi connectivity index (χ2v) is 6.85. The largest absolute Gasteiger partial charge is 0.497 e. The second-order valence-electron chi connectivity index (χ2n) is 6.85. The number of methoxy groups -OCH3 is 1. The molecular formula is C22H29FN2O2. The molecule has 146 valence electrons. The quantitative estimate of drug-likeness (QED) is 0.712. The standard InChI is InChI=1S/C22H29FN2O2/c1-5-6-16(2)25(3)22(26)24-21(15-17-7-11-19(23)12-8-17)18-9-13-20(27-4)14-10-18/h7-14,16,21H,5-6,15H2,1-4H3,(H,24,26). The zero-order chi connectivity index (χ0) is 19.8. The Morgan fingerprint density at radius 1 is 1.15 bits per heavy atom. The minimum absolute atomic E-state index is 0.112. The van der Waals surface area contributed by atoms with Gasteiger partial charge in [-0.1, -0.05) is 37.6 Å². The number of hydrogen-bond acceptors (Lipinski definition) is 2. The van der Waals surface area contributed by atoms with Crippen LogP contribution in [0, 0.1) is 5.82 Å². The summed E-state index contributed by atoms with van der Waals surface area (Å²) in [7, 11) is 3.44. The summed E-state index contributed by atoms with van der Waals surface area (Å²) in [5.74, 6) is 0.496. The van der Waals surface area contributed by atoms with Crippen LogP contribution < -0.4 is 10.1 Å². The van der Waals surface area contributed by atoms with Crippen molar-refractivity contribution < 1.29 is 13.9 Å². The van der Waals surface area contributed by atoms with E-state index in [1.54, 1.807) is 24.1 Å². The molecular weight excluding hydrogens is 343 g/mol. The summed E-state index contributed by atoms with van der Waals surface area (Å²) in [6, 6.07) is 13.9. The molecule has 0 spiro atoms. The van der Waals surface area contributed by atoms with Crippen molar-refractivity contribution in [3.05, 3.63) is 65.5 Å². The van der Waals surface area contributed by atoms with Crippen molar-refractivity contribution >= 4 is 6.03 Å². The highest BCUT2D eigenvalue weighted by Crippen LogP contribution is 2.22. The number of nitrogens with one attached hydrogen (secondary N) is 1. The van der Waals surface area contributed by atoms with Crippen LogP contribution in [0.15, 0.2) is 48.5 Å². The maximum atomic E-state index is 13.2. The molecule has 0 heterocycles. The van der Waals surface area contributed by atoms with E-state index in [9.17, 15) is 9.18 Å². The fraction of sp³-hybridized carbons (Fsp3) is 0.409. The zero-order valence-corrected chi connectivity index (χ0v) is 16.5. The minimum Gasteiger partial charge on any atom is -0.497 e. The molecule has 2 unspecified atom stereocenters. The third-order valence-electron chi connectivity index (χ3n) is 4.86. The number of nitrogens with zero attached hydrogens (tertiary/aromatic N) is 1. The Kier molecular flexibility index (Phi) is 7.65. The first-order chi connectivity index (χ1) is 12.9. The van der Waals surface area contributed by atoms with Crippen LogP contribution in [0.2, 0.25) is 0 Å². The van der Waals surface area contributed by atoms with Crippen molar-refractivity contribution in [1.82, 2.24) is 10.2 Å². The summed E-state index contributed by atoms with van der Waals surface area (Å²) >= 11 is 0. The molecule has 4 nitrogen and oxygen atoms in total. The smallest absolute Gasteiger partial charge is 0.317 e. The summed E-state index contributed by atoms with van der Waals surface area (Å²) in [5, 5.41) is 3.13. The van der Waals surface area contributed by atoms with Crippen LogP contribution in [0.5, 0.6) is 5.75 Å². The molecule has 0 aliphatic heterocycles. The number of carbonyl (C=O) groups excluding carboxylic acids is 1. The first-order valence-electron chi connectivity index (χ1n) is 9.36. The van der Waals surface area contributed by atoms with Crippen molar-refractivity contribution in [3.8, 4) is 5.75 Å². The van der Waals surface area contributed by atoms with Crippen molar-refractivity contribution in [3.63, 3.8) is 0 Å². The molecule has 0 aliphatic rings. The molecule has 2 rings (SSSR count). The lowest BCUT2D eigenvalue weighted by Crippen LogP contribution is -2.44. The lowest BCUT2D eigenvalue weighted by atomic mass is 9.98. The molecule has 0 aliphatic carbocycles. The predicted octanol–water partition coefficient (Wildman–Crippen LogP) is 4.95. The number of halogens is 1. The normalized spacial score (nSPS) is 12.9. The number of hydrogen-bond donors (Lipinski definition) is 1. The summed E-state index contributed by atoms with van der Waals surface area (Å²) in [4.78, 5) is 14.5. The van der Waals surface area contributed by atoms with Crippen LogP contribution >= 0.6 is 0 Å². The third kappa shape index (κ3) is 5.98. The number of carbonyl (C=O) groups is 1. The Labute approximate surface area is 161 Å². The molecule has 0 aromatic heterocycles. The van der Waals surface area contributed by atoms with E-state index in [0.29, 0.717) is 6.42 Å². The number of amides is 2. The van der Waals surface area contributed by atoms with Gasteiger partial charge in [0, 0.05) is 13.1 Å². The molecule has 2 atom stereocenters. The SMILES string of the molecule is CCCC(C)N(C)C(=O)NC(Cc1ccc(F)cc1)c1ccc(OC)cc1. The maximum absolute atomic E-state index is 13.2. The summed E-state index contributed by atoms with van der Waals surface area (Å²) in [6.45, 7) is 4.16. The summed E-state index contributed by atoms with van der Waals surface area (Å²) < 4.78 is 18.4. The second kappa shape index (κ2) is 9.95. The first-order valence-corrected chi connectivity index (χ1v) is 9.36. The van der Waals surface area contributed by atoms with Crippen molar-refractivity contribution in [2.24, 2.45) is 0 Å². The van der Waals surface area contributed by atoms with Crippen LogP contribution in [0.3, 0.4) is 0 Å². The predicted molar refractivity (Wildman–Crippen MR) is 107 cm³/mol. The number of ether oxygens (including phenoxy) is 1. The maximum Gasteiger partial charge on any atom is 0.317 e. The fourth-order valence-electron chi connectivity index (χ4n) is 3.01. The molecule has 0 radical (unpaired) electrons. The van der Waals surface area contributed by atoms with E-state index in [0.717, 1.165) is 29.7 Å². The lowest BCUT2D eigenvalue weighted by molar-refractivity contribution is 0.187. The molecule has 0 saturated heterocycles. The van der Waals surface area contributed by atoms with Crippen LogP contribution in [0.1, 0.15) is 43.9 Å². The molecule has 2 aromatic rings. The Hall–Kier alpha value is -2.56. The van der Waals surface area contributed by atoms with E-state index < -0.39 is 0 Å².